The molecule has 3 rings (SSSR count). The molecule has 0 fully saturated rings. The molecule has 0 spiro atoms. The molecule has 0 atom stereocenters. The predicted octanol–water partition coefficient (Wildman–Crippen LogP) is 4.50. The van der Waals surface area contributed by atoms with Crippen LogP contribution in [0.25, 0.3) is 5.57 Å². The van der Waals surface area contributed by atoms with Crippen LogP contribution < -0.4 is 0 Å². The van der Waals surface area contributed by atoms with E-state index in [9.17, 15) is 13.6 Å². The molecular weight excluding hydrogens is 320 g/mol. The van der Waals surface area contributed by atoms with Gasteiger partial charge in [0.15, 0.2) is 5.78 Å². The van der Waals surface area contributed by atoms with E-state index < -0.39 is 23.0 Å². The number of halogens is 2. The molecule has 0 saturated heterocycles. The van der Waals surface area contributed by atoms with Crippen LogP contribution in [0.5, 0.6) is 0 Å². The Bertz CT molecular complexity index is 804. The second-order valence-electron chi connectivity index (χ2n) is 6.64. The molecule has 0 unspecified atom stereocenters. The van der Waals surface area contributed by atoms with Gasteiger partial charge in [-0.15, -0.1) is 0 Å². The van der Waals surface area contributed by atoms with Gasteiger partial charge < -0.3 is 4.90 Å². The molecule has 0 radical (unpaired) electrons. The lowest BCUT2D eigenvalue weighted by Crippen LogP contribution is -2.26. The first-order valence-electron chi connectivity index (χ1n) is 8.39. The summed E-state index contributed by atoms with van der Waals surface area (Å²) in [7, 11) is 2.10. The monoisotopic (exact) mass is 341 g/mol. The molecule has 2 nitrogen and oxygen atoms in total. The number of hydrogen-bond acceptors (Lipinski definition) is 2. The van der Waals surface area contributed by atoms with Crippen LogP contribution in [0.1, 0.15) is 34.8 Å². The van der Waals surface area contributed by atoms with Crippen molar-refractivity contribution in [1.29, 1.82) is 0 Å². The van der Waals surface area contributed by atoms with Gasteiger partial charge in [0.1, 0.15) is 11.6 Å². The van der Waals surface area contributed by atoms with Crippen LogP contribution in [0.3, 0.4) is 0 Å². The molecule has 25 heavy (non-hydrogen) atoms. The van der Waals surface area contributed by atoms with E-state index in [1.54, 1.807) is 0 Å². The fraction of sp³-hybridized carbons (Fsp3) is 0.286. The first-order valence-corrected chi connectivity index (χ1v) is 8.39. The van der Waals surface area contributed by atoms with E-state index >= 15 is 0 Å². The Balaban J connectivity index is 1.78. The smallest absolute Gasteiger partial charge is 0.173 e. The largest absolute Gasteiger partial charge is 0.302 e. The van der Waals surface area contributed by atoms with Crippen LogP contribution in [0, 0.1) is 11.6 Å². The summed E-state index contributed by atoms with van der Waals surface area (Å²) in [6.07, 6.45) is 1.04. The third-order valence-electron chi connectivity index (χ3n) is 4.72. The van der Waals surface area contributed by atoms with E-state index in [-0.39, 0.29) is 6.42 Å². The van der Waals surface area contributed by atoms with E-state index in [2.05, 4.69) is 18.9 Å². The van der Waals surface area contributed by atoms with Crippen LogP contribution in [0.15, 0.2) is 48.0 Å². The van der Waals surface area contributed by atoms with Crippen molar-refractivity contribution in [3.05, 3.63) is 76.4 Å². The molecule has 130 valence electrons. The van der Waals surface area contributed by atoms with Crippen molar-refractivity contribution in [3.8, 4) is 0 Å². The summed E-state index contributed by atoms with van der Waals surface area (Å²) in [6, 6.07) is 11.2. The van der Waals surface area contributed by atoms with Gasteiger partial charge >= 0.3 is 0 Å². The first kappa shape index (κ1) is 17.5. The molecule has 4 heteroatoms. The number of ketones is 1. The zero-order chi connectivity index (χ0) is 18.0. The van der Waals surface area contributed by atoms with Crippen LogP contribution in [0.4, 0.5) is 8.78 Å². The van der Waals surface area contributed by atoms with E-state index in [0.29, 0.717) is 0 Å². The van der Waals surface area contributed by atoms with Crippen molar-refractivity contribution in [2.75, 3.05) is 20.1 Å². The second kappa shape index (κ2) is 7.28. The Kier molecular flexibility index (Phi) is 5.09. The summed E-state index contributed by atoms with van der Waals surface area (Å²) >= 11 is 0. The summed E-state index contributed by atoms with van der Waals surface area (Å²) in [5.74, 6) is -2.17. The molecule has 0 amide bonds. The third kappa shape index (κ3) is 3.85. The summed E-state index contributed by atoms with van der Waals surface area (Å²) in [4.78, 5) is 14.5. The quantitative estimate of drug-likeness (QED) is 0.763. The number of carbonyl (C=O) groups is 1. The molecule has 0 saturated carbocycles. The SMILES string of the molecule is CC1=C(c2ccc(CC(=O)c3c(F)cccc3F)cc2)CN(C)CC1. The first-order chi connectivity index (χ1) is 12.0. The zero-order valence-electron chi connectivity index (χ0n) is 14.5. The molecule has 0 aliphatic carbocycles. The van der Waals surface area contributed by atoms with Crippen LogP contribution >= 0.6 is 0 Å². The molecule has 2 aromatic carbocycles. The fourth-order valence-electron chi connectivity index (χ4n) is 3.19. The molecule has 1 heterocycles. The van der Waals surface area contributed by atoms with E-state index in [0.717, 1.165) is 42.8 Å². The average molecular weight is 341 g/mol. The van der Waals surface area contributed by atoms with Gasteiger partial charge in [-0.2, -0.15) is 0 Å². The molecule has 0 N–H and O–H groups in total. The number of likely N-dealkylation sites (N-methyl/N-ethyl adjacent to an activating group) is 1. The lowest BCUT2D eigenvalue weighted by atomic mass is 9.93. The maximum Gasteiger partial charge on any atom is 0.173 e. The molecule has 1 aliphatic heterocycles. The molecule has 0 aromatic heterocycles. The van der Waals surface area contributed by atoms with Crippen LogP contribution in [0.2, 0.25) is 0 Å². The Morgan fingerprint density at radius 3 is 2.36 bits per heavy atom. The minimum atomic E-state index is -0.812. The maximum absolute atomic E-state index is 13.7. The van der Waals surface area contributed by atoms with E-state index in [1.807, 2.05) is 24.3 Å². The van der Waals surface area contributed by atoms with Crippen molar-refractivity contribution in [3.63, 3.8) is 0 Å². The van der Waals surface area contributed by atoms with Gasteiger partial charge in [0.2, 0.25) is 0 Å². The number of carbonyl (C=O) groups excluding carboxylic acids is 1. The van der Waals surface area contributed by atoms with Gasteiger partial charge in [-0.05, 0) is 49.2 Å². The van der Waals surface area contributed by atoms with Crippen molar-refractivity contribution < 1.29 is 13.6 Å². The number of hydrogen-bond donors (Lipinski definition) is 0. The van der Waals surface area contributed by atoms with Crippen LogP contribution in [-0.2, 0) is 6.42 Å². The summed E-state index contributed by atoms with van der Waals surface area (Å²) < 4.78 is 27.4. The molecule has 0 bridgehead atoms. The average Bonchev–Trinajstić information content (AvgIpc) is 2.58. The van der Waals surface area contributed by atoms with Gasteiger partial charge in [-0.1, -0.05) is 35.9 Å². The minimum Gasteiger partial charge on any atom is -0.302 e. The highest BCUT2D eigenvalue weighted by molar-refractivity contribution is 5.98. The summed E-state index contributed by atoms with van der Waals surface area (Å²) in [6.45, 7) is 4.13. The van der Waals surface area contributed by atoms with E-state index in [4.69, 9.17) is 0 Å². The number of benzene rings is 2. The summed E-state index contributed by atoms with van der Waals surface area (Å²) in [5, 5.41) is 0. The molecule has 1 aliphatic rings. The fourth-order valence-corrected chi connectivity index (χ4v) is 3.19. The van der Waals surface area contributed by atoms with Gasteiger partial charge in [-0.25, -0.2) is 8.78 Å². The van der Waals surface area contributed by atoms with Crippen molar-refractivity contribution >= 4 is 11.4 Å². The number of rotatable bonds is 4. The maximum atomic E-state index is 13.7. The Morgan fingerprint density at radius 2 is 1.72 bits per heavy atom. The van der Waals surface area contributed by atoms with Gasteiger partial charge in [-0.3, -0.25) is 4.79 Å². The van der Waals surface area contributed by atoms with Crippen molar-refractivity contribution in [1.82, 2.24) is 4.90 Å². The Morgan fingerprint density at radius 1 is 1.08 bits per heavy atom. The Labute approximate surface area is 146 Å². The Hall–Kier alpha value is -2.33. The number of nitrogens with zero attached hydrogens (tertiary/aromatic N) is 1. The number of Topliss-reactive ketones (excluding diaryl/α,β-unsaturated/α-hetero) is 1. The van der Waals surface area contributed by atoms with E-state index in [1.165, 1.54) is 17.2 Å². The lowest BCUT2D eigenvalue weighted by molar-refractivity contribution is 0.0985. The normalized spacial score (nSPS) is 15.5. The van der Waals surface area contributed by atoms with Crippen molar-refractivity contribution in [2.45, 2.75) is 19.8 Å². The predicted molar refractivity (Wildman–Crippen MR) is 95.5 cm³/mol. The van der Waals surface area contributed by atoms with Crippen LogP contribution in [-0.4, -0.2) is 30.8 Å². The highest BCUT2D eigenvalue weighted by Crippen LogP contribution is 2.26. The van der Waals surface area contributed by atoms with Gasteiger partial charge in [0.05, 0.1) is 5.56 Å². The minimum absolute atomic E-state index is 0.0178. The highest BCUT2D eigenvalue weighted by Gasteiger charge is 2.18. The highest BCUT2D eigenvalue weighted by atomic mass is 19.1. The van der Waals surface area contributed by atoms with Gasteiger partial charge in [0, 0.05) is 19.5 Å². The standard InChI is InChI=1S/C21H21F2NO/c1-14-10-11-24(2)13-17(14)16-8-6-15(7-9-16)12-20(25)21-18(22)4-3-5-19(21)23/h3-9H,10-13H2,1-2H3. The zero-order valence-corrected chi connectivity index (χ0v) is 14.5. The third-order valence-corrected chi connectivity index (χ3v) is 4.72. The van der Waals surface area contributed by atoms with Crippen molar-refractivity contribution in [2.24, 2.45) is 0 Å². The lowest BCUT2D eigenvalue weighted by Gasteiger charge is -2.26. The van der Waals surface area contributed by atoms with Gasteiger partial charge in [0.25, 0.3) is 0 Å². The molecule has 2 aromatic rings. The topological polar surface area (TPSA) is 20.3 Å². The summed E-state index contributed by atoms with van der Waals surface area (Å²) in [5.41, 5.74) is 4.12. The molecular formula is C21H21F2NO. The second-order valence-corrected chi connectivity index (χ2v) is 6.64.